The van der Waals surface area contributed by atoms with Crippen LogP contribution in [0.25, 0.3) is 0 Å². The highest BCUT2D eigenvalue weighted by molar-refractivity contribution is 5.66. The average Bonchev–Trinajstić information content (AvgIpc) is 2.57. The highest BCUT2D eigenvalue weighted by Gasteiger charge is 2.08. The SMILES string of the molecule is CCC(C)Nc1cc(Nc2ccc(N(CC)CC)cc2C)nc(C)n1. The molecule has 0 saturated carbocycles. The van der Waals surface area contributed by atoms with Crippen LogP contribution in [0.4, 0.5) is 23.0 Å². The summed E-state index contributed by atoms with van der Waals surface area (Å²) >= 11 is 0. The second kappa shape index (κ2) is 8.70. The van der Waals surface area contributed by atoms with E-state index in [1.54, 1.807) is 0 Å². The molecule has 5 nitrogen and oxygen atoms in total. The smallest absolute Gasteiger partial charge is 0.136 e. The summed E-state index contributed by atoms with van der Waals surface area (Å²) in [6.07, 6.45) is 1.05. The highest BCUT2D eigenvalue weighted by atomic mass is 15.1. The van der Waals surface area contributed by atoms with Gasteiger partial charge in [0.15, 0.2) is 0 Å². The lowest BCUT2D eigenvalue weighted by Crippen LogP contribution is -2.21. The molecule has 1 atom stereocenters. The number of hydrogen-bond donors (Lipinski definition) is 2. The topological polar surface area (TPSA) is 53.1 Å². The Kier molecular flexibility index (Phi) is 6.62. The van der Waals surface area contributed by atoms with Crippen molar-refractivity contribution in [3.8, 4) is 0 Å². The molecule has 0 aliphatic rings. The van der Waals surface area contributed by atoms with Crippen LogP contribution in [0.15, 0.2) is 24.3 Å². The fourth-order valence-electron chi connectivity index (χ4n) is 2.77. The lowest BCUT2D eigenvalue weighted by atomic mass is 10.1. The average molecular weight is 342 g/mol. The molecule has 1 aromatic carbocycles. The molecule has 0 fully saturated rings. The standard InChI is InChI=1S/C20H31N5/c1-7-15(5)21-19-13-20(23-16(6)22-19)24-18-11-10-17(12-14(18)4)25(8-2)9-3/h10-13,15H,7-9H2,1-6H3,(H2,21,22,23,24). The van der Waals surface area contributed by atoms with Crippen molar-refractivity contribution >= 4 is 23.0 Å². The summed E-state index contributed by atoms with van der Waals surface area (Å²) in [6, 6.07) is 8.87. The van der Waals surface area contributed by atoms with Gasteiger partial charge in [0.25, 0.3) is 0 Å². The second-order valence-corrected chi connectivity index (χ2v) is 6.44. The Bertz CT molecular complexity index is 694. The molecule has 136 valence electrons. The van der Waals surface area contributed by atoms with Crippen LogP contribution < -0.4 is 15.5 Å². The monoisotopic (exact) mass is 341 g/mol. The summed E-state index contributed by atoms with van der Waals surface area (Å²) < 4.78 is 0. The van der Waals surface area contributed by atoms with Crippen molar-refractivity contribution in [2.24, 2.45) is 0 Å². The minimum absolute atomic E-state index is 0.386. The van der Waals surface area contributed by atoms with Crippen LogP contribution >= 0.6 is 0 Å². The Morgan fingerprint density at radius 1 is 1.00 bits per heavy atom. The fraction of sp³-hybridized carbons (Fsp3) is 0.500. The van der Waals surface area contributed by atoms with Crippen LogP contribution in [0.2, 0.25) is 0 Å². The van der Waals surface area contributed by atoms with E-state index in [9.17, 15) is 0 Å². The molecule has 0 aliphatic heterocycles. The molecule has 2 aromatic rings. The minimum Gasteiger partial charge on any atom is -0.372 e. The Labute approximate surface area is 151 Å². The zero-order valence-corrected chi connectivity index (χ0v) is 16.3. The van der Waals surface area contributed by atoms with E-state index < -0.39 is 0 Å². The molecule has 2 rings (SSSR count). The fourth-order valence-corrected chi connectivity index (χ4v) is 2.77. The number of aromatic nitrogens is 2. The van der Waals surface area contributed by atoms with Crippen molar-refractivity contribution in [3.05, 3.63) is 35.7 Å². The van der Waals surface area contributed by atoms with Crippen LogP contribution in [0, 0.1) is 13.8 Å². The van der Waals surface area contributed by atoms with E-state index in [0.717, 1.165) is 42.7 Å². The van der Waals surface area contributed by atoms with Crippen molar-refractivity contribution in [2.45, 2.75) is 54.0 Å². The van der Waals surface area contributed by atoms with Crippen LogP contribution in [0.3, 0.4) is 0 Å². The minimum atomic E-state index is 0.386. The van der Waals surface area contributed by atoms with Crippen molar-refractivity contribution in [1.82, 2.24) is 9.97 Å². The number of hydrogen-bond acceptors (Lipinski definition) is 5. The number of rotatable bonds is 8. The molecular formula is C20H31N5. The van der Waals surface area contributed by atoms with E-state index in [1.807, 2.05) is 13.0 Å². The maximum atomic E-state index is 4.52. The first-order chi connectivity index (χ1) is 12.0. The first-order valence-corrected chi connectivity index (χ1v) is 9.21. The van der Waals surface area contributed by atoms with Crippen LogP contribution in [-0.2, 0) is 0 Å². The third-order valence-corrected chi connectivity index (χ3v) is 4.45. The Morgan fingerprint density at radius 3 is 2.28 bits per heavy atom. The van der Waals surface area contributed by atoms with Gasteiger partial charge in [-0.2, -0.15) is 0 Å². The summed E-state index contributed by atoms with van der Waals surface area (Å²) in [5, 5.41) is 6.85. The van der Waals surface area contributed by atoms with Crippen LogP contribution in [0.1, 0.15) is 45.5 Å². The Hall–Kier alpha value is -2.30. The maximum Gasteiger partial charge on any atom is 0.136 e. The maximum absolute atomic E-state index is 4.52. The summed E-state index contributed by atoms with van der Waals surface area (Å²) in [6.45, 7) is 14.7. The van der Waals surface area contributed by atoms with E-state index in [2.05, 4.69) is 78.3 Å². The lowest BCUT2D eigenvalue weighted by molar-refractivity contribution is 0.757. The molecule has 0 spiro atoms. The van der Waals surface area contributed by atoms with Crippen LogP contribution in [0.5, 0.6) is 0 Å². The van der Waals surface area contributed by atoms with Crippen molar-refractivity contribution < 1.29 is 0 Å². The number of nitrogens with one attached hydrogen (secondary N) is 2. The summed E-state index contributed by atoms with van der Waals surface area (Å²) in [4.78, 5) is 11.3. The van der Waals surface area contributed by atoms with Gasteiger partial charge in [0.05, 0.1) is 0 Å². The number of anilines is 4. The molecular weight excluding hydrogens is 310 g/mol. The number of aryl methyl sites for hydroxylation is 2. The highest BCUT2D eigenvalue weighted by Crippen LogP contribution is 2.25. The normalized spacial score (nSPS) is 11.9. The van der Waals surface area contributed by atoms with E-state index in [4.69, 9.17) is 0 Å². The van der Waals surface area contributed by atoms with Gasteiger partial charge in [-0.25, -0.2) is 9.97 Å². The van der Waals surface area contributed by atoms with Crippen molar-refractivity contribution in [2.75, 3.05) is 28.6 Å². The number of benzene rings is 1. The van der Waals surface area contributed by atoms with E-state index >= 15 is 0 Å². The van der Waals surface area contributed by atoms with Gasteiger partial charge in [-0.3, -0.25) is 0 Å². The molecule has 0 amide bonds. The number of nitrogens with zero attached hydrogens (tertiary/aromatic N) is 3. The molecule has 5 heteroatoms. The molecule has 0 bridgehead atoms. The molecule has 0 aliphatic carbocycles. The third kappa shape index (κ3) is 5.08. The summed E-state index contributed by atoms with van der Waals surface area (Å²) in [5.41, 5.74) is 3.53. The molecule has 1 unspecified atom stereocenters. The molecule has 0 saturated heterocycles. The Morgan fingerprint density at radius 2 is 1.68 bits per heavy atom. The van der Waals surface area contributed by atoms with Gasteiger partial charge in [0.1, 0.15) is 17.5 Å². The molecule has 0 radical (unpaired) electrons. The van der Waals surface area contributed by atoms with E-state index in [1.165, 1.54) is 11.3 Å². The predicted octanol–water partition coefficient (Wildman–Crippen LogP) is 4.89. The van der Waals surface area contributed by atoms with Gasteiger partial charge in [-0.15, -0.1) is 0 Å². The zero-order valence-electron chi connectivity index (χ0n) is 16.3. The van der Waals surface area contributed by atoms with Gasteiger partial charge in [-0.05, 0) is 64.8 Å². The first-order valence-electron chi connectivity index (χ1n) is 9.21. The van der Waals surface area contributed by atoms with Gasteiger partial charge >= 0.3 is 0 Å². The molecule has 2 N–H and O–H groups in total. The Balaban J connectivity index is 2.21. The van der Waals surface area contributed by atoms with Crippen molar-refractivity contribution in [1.29, 1.82) is 0 Å². The lowest BCUT2D eigenvalue weighted by Gasteiger charge is -2.22. The van der Waals surface area contributed by atoms with E-state index in [-0.39, 0.29) is 0 Å². The molecule has 1 aromatic heterocycles. The van der Waals surface area contributed by atoms with Crippen LogP contribution in [-0.4, -0.2) is 29.1 Å². The summed E-state index contributed by atoms with van der Waals surface area (Å²) in [5.74, 6) is 2.44. The second-order valence-electron chi connectivity index (χ2n) is 6.44. The summed E-state index contributed by atoms with van der Waals surface area (Å²) in [7, 11) is 0. The zero-order chi connectivity index (χ0) is 18.4. The van der Waals surface area contributed by atoms with E-state index in [0.29, 0.717) is 6.04 Å². The third-order valence-electron chi connectivity index (χ3n) is 4.45. The van der Waals surface area contributed by atoms with Crippen molar-refractivity contribution in [3.63, 3.8) is 0 Å². The van der Waals surface area contributed by atoms with Gasteiger partial charge in [0, 0.05) is 36.6 Å². The molecule has 25 heavy (non-hydrogen) atoms. The van der Waals surface area contributed by atoms with Gasteiger partial charge in [0.2, 0.25) is 0 Å². The predicted molar refractivity (Wildman–Crippen MR) is 108 cm³/mol. The largest absolute Gasteiger partial charge is 0.372 e. The quantitative estimate of drug-likeness (QED) is 0.715. The molecule has 1 heterocycles. The van der Waals surface area contributed by atoms with Gasteiger partial charge in [-0.1, -0.05) is 6.92 Å². The first kappa shape index (κ1) is 19.0. The van der Waals surface area contributed by atoms with Gasteiger partial charge < -0.3 is 15.5 Å².